The SMILES string of the molecule is COc1ccc(C(C)NC(=O)c2ccc(NS(C)(=O)=O)cc2Cl)cc1OC. The lowest BCUT2D eigenvalue weighted by atomic mass is 10.1. The van der Waals surface area contributed by atoms with E-state index in [4.69, 9.17) is 21.1 Å². The second-order valence-electron chi connectivity index (χ2n) is 5.88. The highest BCUT2D eigenvalue weighted by molar-refractivity contribution is 7.92. The van der Waals surface area contributed by atoms with Crippen molar-refractivity contribution in [1.29, 1.82) is 0 Å². The first-order valence-corrected chi connectivity index (χ1v) is 10.2. The molecule has 0 aliphatic carbocycles. The van der Waals surface area contributed by atoms with Crippen molar-refractivity contribution in [2.24, 2.45) is 0 Å². The van der Waals surface area contributed by atoms with Crippen molar-refractivity contribution < 1.29 is 22.7 Å². The van der Waals surface area contributed by atoms with Gasteiger partial charge in [0.2, 0.25) is 10.0 Å². The zero-order chi connectivity index (χ0) is 20.2. The molecule has 146 valence electrons. The second-order valence-corrected chi connectivity index (χ2v) is 8.03. The molecule has 0 aliphatic heterocycles. The van der Waals surface area contributed by atoms with Crippen LogP contribution >= 0.6 is 11.6 Å². The Morgan fingerprint density at radius 1 is 1.07 bits per heavy atom. The van der Waals surface area contributed by atoms with Crippen LogP contribution in [0.1, 0.15) is 28.9 Å². The molecular formula is C18H21ClN2O5S. The van der Waals surface area contributed by atoms with Crippen LogP contribution in [0.15, 0.2) is 36.4 Å². The molecule has 1 atom stereocenters. The van der Waals surface area contributed by atoms with E-state index < -0.39 is 10.0 Å². The number of carbonyl (C=O) groups excluding carboxylic acids is 1. The minimum atomic E-state index is -3.43. The molecule has 0 saturated heterocycles. The zero-order valence-corrected chi connectivity index (χ0v) is 16.9. The number of sulfonamides is 1. The Bertz CT molecular complexity index is 947. The van der Waals surface area contributed by atoms with Crippen molar-refractivity contribution in [2.75, 3.05) is 25.2 Å². The Morgan fingerprint density at radius 2 is 1.74 bits per heavy atom. The van der Waals surface area contributed by atoms with Crippen molar-refractivity contribution in [3.05, 3.63) is 52.5 Å². The molecule has 0 fully saturated rings. The number of amides is 1. The highest BCUT2D eigenvalue weighted by atomic mass is 35.5. The van der Waals surface area contributed by atoms with Gasteiger partial charge in [0.05, 0.1) is 37.1 Å². The van der Waals surface area contributed by atoms with E-state index >= 15 is 0 Å². The van der Waals surface area contributed by atoms with Gasteiger partial charge in [-0.3, -0.25) is 9.52 Å². The number of carbonyl (C=O) groups is 1. The van der Waals surface area contributed by atoms with E-state index in [0.717, 1.165) is 11.8 Å². The van der Waals surface area contributed by atoms with Gasteiger partial charge < -0.3 is 14.8 Å². The van der Waals surface area contributed by atoms with Gasteiger partial charge in [0.15, 0.2) is 11.5 Å². The Balaban J connectivity index is 2.17. The molecule has 0 heterocycles. The summed E-state index contributed by atoms with van der Waals surface area (Å²) in [6.07, 6.45) is 1.03. The third kappa shape index (κ3) is 5.51. The van der Waals surface area contributed by atoms with E-state index in [-0.39, 0.29) is 28.2 Å². The molecule has 0 aromatic heterocycles. The fourth-order valence-electron chi connectivity index (χ4n) is 2.46. The summed E-state index contributed by atoms with van der Waals surface area (Å²) in [5.41, 5.74) is 1.35. The van der Waals surface area contributed by atoms with Gasteiger partial charge in [0.1, 0.15) is 0 Å². The fourth-order valence-corrected chi connectivity index (χ4v) is 3.28. The maximum Gasteiger partial charge on any atom is 0.253 e. The summed E-state index contributed by atoms with van der Waals surface area (Å²) in [7, 11) is -0.339. The minimum Gasteiger partial charge on any atom is -0.493 e. The van der Waals surface area contributed by atoms with E-state index in [0.29, 0.717) is 11.5 Å². The predicted molar refractivity (Wildman–Crippen MR) is 105 cm³/mol. The van der Waals surface area contributed by atoms with E-state index in [9.17, 15) is 13.2 Å². The van der Waals surface area contributed by atoms with Crippen molar-refractivity contribution >= 4 is 33.2 Å². The van der Waals surface area contributed by atoms with Gasteiger partial charge in [-0.15, -0.1) is 0 Å². The van der Waals surface area contributed by atoms with Crippen LogP contribution in [0.3, 0.4) is 0 Å². The predicted octanol–water partition coefficient (Wildman–Crippen LogP) is 3.22. The minimum absolute atomic E-state index is 0.140. The molecule has 7 nitrogen and oxygen atoms in total. The largest absolute Gasteiger partial charge is 0.493 e. The molecule has 0 saturated carbocycles. The van der Waals surface area contributed by atoms with Crippen LogP contribution < -0.4 is 19.5 Å². The maximum atomic E-state index is 12.5. The number of hydrogen-bond acceptors (Lipinski definition) is 5. The Morgan fingerprint density at radius 3 is 2.30 bits per heavy atom. The summed E-state index contributed by atoms with van der Waals surface area (Å²) in [4.78, 5) is 12.5. The van der Waals surface area contributed by atoms with Crippen LogP contribution in [0, 0.1) is 0 Å². The highest BCUT2D eigenvalue weighted by Gasteiger charge is 2.17. The Hall–Kier alpha value is -2.45. The summed E-state index contributed by atoms with van der Waals surface area (Å²) < 4.78 is 35.3. The number of rotatable bonds is 7. The van der Waals surface area contributed by atoms with Crippen LogP contribution in [0.5, 0.6) is 11.5 Å². The van der Waals surface area contributed by atoms with Crippen molar-refractivity contribution in [3.63, 3.8) is 0 Å². The smallest absolute Gasteiger partial charge is 0.253 e. The van der Waals surface area contributed by atoms with Crippen LogP contribution in [0.25, 0.3) is 0 Å². The number of benzene rings is 2. The summed E-state index contributed by atoms with van der Waals surface area (Å²) in [5, 5.41) is 2.99. The number of methoxy groups -OCH3 is 2. The van der Waals surface area contributed by atoms with Crippen LogP contribution in [0.4, 0.5) is 5.69 Å². The summed E-state index contributed by atoms with van der Waals surface area (Å²) in [5.74, 6) is 0.773. The summed E-state index contributed by atoms with van der Waals surface area (Å²) in [6.45, 7) is 1.83. The molecule has 2 N–H and O–H groups in total. The molecule has 27 heavy (non-hydrogen) atoms. The molecule has 1 unspecified atom stereocenters. The van der Waals surface area contributed by atoms with Gasteiger partial charge in [0.25, 0.3) is 5.91 Å². The highest BCUT2D eigenvalue weighted by Crippen LogP contribution is 2.30. The lowest BCUT2D eigenvalue weighted by Crippen LogP contribution is -2.27. The topological polar surface area (TPSA) is 93.7 Å². The maximum absolute atomic E-state index is 12.5. The first kappa shape index (κ1) is 20.9. The van der Waals surface area contributed by atoms with E-state index in [1.165, 1.54) is 25.3 Å². The molecule has 2 rings (SSSR count). The van der Waals surface area contributed by atoms with Gasteiger partial charge in [-0.2, -0.15) is 0 Å². The number of ether oxygens (including phenoxy) is 2. The molecule has 2 aromatic carbocycles. The molecule has 1 amide bonds. The van der Waals surface area contributed by atoms with Gasteiger partial charge in [-0.25, -0.2) is 8.42 Å². The molecule has 2 aromatic rings. The lowest BCUT2D eigenvalue weighted by Gasteiger charge is -2.17. The zero-order valence-electron chi connectivity index (χ0n) is 15.4. The normalized spacial score (nSPS) is 12.2. The standard InChI is InChI=1S/C18H21ClN2O5S/c1-11(12-5-8-16(25-2)17(9-12)26-3)20-18(22)14-7-6-13(10-15(14)19)21-27(4,23)24/h5-11,21H,1-4H3,(H,20,22). The quantitative estimate of drug-likeness (QED) is 0.728. The molecule has 0 aliphatic rings. The summed E-state index contributed by atoms with van der Waals surface area (Å²) >= 11 is 6.14. The van der Waals surface area contributed by atoms with Crippen molar-refractivity contribution in [3.8, 4) is 11.5 Å². The fraction of sp³-hybridized carbons (Fsp3) is 0.278. The Kier molecular flexibility index (Phi) is 6.56. The van der Waals surface area contributed by atoms with Crippen LogP contribution in [-0.2, 0) is 10.0 Å². The average Bonchev–Trinajstić information content (AvgIpc) is 2.59. The van der Waals surface area contributed by atoms with Gasteiger partial charge >= 0.3 is 0 Å². The summed E-state index contributed by atoms with van der Waals surface area (Å²) in [6, 6.07) is 9.38. The lowest BCUT2D eigenvalue weighted by molar-refractivity contribution is 0.0940. The van der Waals surface area contributed by atoms with Crippen molar-refractivity contribution in [2.45, 2.75) is 13.0 Å². The number of anilines is 1. The molecule has 0 bridgehead atoms. The van der Waals surface area contributed by atoms with Crippen LogP contribution in [0.2, 0.25) is 5.02 Å². The van der Waals surface area contributed by atoms with Crippen molar-refractivity contribution in [1.82, 2.24) is 5.32 Å². The second kappa shape index (κ2) is 8.49. The third-order valence-electron chi connectivity index (χ3n) is 3.77. The van der Waals surface area contributed by atoms with E-state index in [2.05, 4.69) is 10.0 Å². The van der Waals surface area contributed by atoms with E-state index in [1.807, 2.05) is 13.0 Å². The first-order valence-electron chi connectivity index (χ1n) is 7.94. The van der Waals surface area contributed by atoms with Crippen LogP contribution in [-0.4, -0.2) is 34.8 Å². The number of nitrogens with one attached hydrogen (secondary N) is 2. The average molecular weight is 413 g/mol. The van der Waals surface area contributed by atoms with Gasteiger partial charge in [-0.1, -0.05) is 17.7 Å². The Labute approximate surface area is 163 Å². The number of hydrogen-bond donors (Lipinski definition) is 2. The molecular weight excluding hydrogens is 392 g/mol. The molecule has 9 heteroatoms. The van der Waals surface area contributed by atoms with Gasteiger partial charge in [-0.05, 0) is 42.8 Å². The van der Waals surface area contributed by atoms with Gasteiger partial charge in [0, 0.05) is 5.69 Å². The monoisotopic (exact) mass is 412 g/mol. The van der Waals surface area contributed by atoms with E-state index in [1.54, 1.807) is 19.2 Å². The first-order chi connectivity index (χ1) is 12.6. The third-order valence-corrected chi connectivity index (χ3v) is 4.69. The molecule has 0 radical (unpaired) electrons. The number of halogens is 1. The molecule has 0 spiro atoms.